The Bertz CT molecular complexity index is 744. The normalized spacial score (nSPS) is 10.3. The van der Waals surface area contributed by atoms with E-state index < -0.39 is 0 Å². The molecule has 0 aliphatic rings. The number of hydrogen-bond donors (Lipinski definition) is 0. The minimum absolute atomic E-state index is 0.00134. The summed E-state index contributed by atoms with van der Waals surface area (Å²) in [4.78, 5) is 16.7. The van der Waals surface area contributed by atoms with Crippen LogP contribution in [0.3, 0.4) is 0 Å². The molecule has 0 atom stereocenters. The minimum atomic E-state index is -0.00134. The Morgan fingerprint density at radius 3 is 2.14 bits per heavy atom. The lowest BCUT2D eigenvalue weighted by molar-refractivity contribution is 0.103. The predicted molar refractivity (Wildman–Crippen MR) is 84.3 cm³/mol. The van der Waals surface area contributed by atoms with Gasteiger partial charge in [0.2, 0.25) is 0 Å². The zero-order valence-corrected chi connectivity index (χ0v) is 11.8. The number of carbonyl (C=O) groups excluding carboxylic acids is 1. The van der Waals surface area contributed by atoms with E-state index in [1.807, 2.05) is 54.6 Å². The molecular weight excluding hydrogens is 258 g/mol. The fourth-order valence-electron chi connectivity index (χ4n) is 2.18. The maximum atomic E-state index is 12.3. The SMILES string of the molecule is Cc1ccc(-c2ccc(C(=O)c3ccccc3)cn2)cc1. The fourth-order valence-corrected chi connectivity index (χ4v) is 2.18. The van der Waals surface area contributed by atoms with Gasteiger partial charge >= 0.3 is 0 Å². The second-order valence-corrected chi connectivity index (χ2v) is 4.99. The van der Waals surface area contributed by atoms with Crippen LogP contribution < -0.4 is 0 Å². The quantitative estimate of drug-likeness (QED) is 0.666. The molecule has 0 aliphatic heterocycles. The molecule has 0 saturated carbocycles. The number of ketones is 1. The summed E-state index contributed by atoms with van der Waals surface area (Å²) in [6.45, 7) is 2.05. The number of aromatic nitrogens is 1. The van der Waals surface area contributed by atoms with Gasteiger partial charge in [0.25, 0.3) is 0 Å². The van der Waals surface area contributed by atoms with E-state index in [0.717, 1.165) is 11.3 Å². The monoisotopic (exact) mass is 273 g/mol. The van der Waals surface area contributed by atoms with Crippen molar-refractivity contribution in [3.05, 3.63) is 89.6 Å². The average Bonchev–Trinajstić information content (AvgIpc) is 2.56. The molecule has 2 heteroatoms. The second-order valence-electron chi connectivity index (χ2n) is 4.99. The van der Waals surface area contributed by atoms with Gasteiger partial charge in [-0.05, 0) is 19.1 Å². The summed E-state index contributed by atoms with van der Waals surface area (Å²) in [5, 5.41) is 0. The van der Waals surface area contributed by atoms with Crippen LogP contribution in [0.25, 0.3) is 11.3 Å². The van der Waals surface area contributed by atoms with Gasteiger partial charge in [-0.2, -0.15) is 0 Å². The van der Waals surface area contributed by atoms with E-state index in [0.29, 0.717) is 11.1 Å². The highest BCUT2D eigenvalue weighted by atomic mass is 16.1. The molecule has 2 nitrogen and oxygen atoms in total. The lowest BCUT2D eigenvalue weighted by atomic mass is 10.0. The van der Waals surface area contributed by atoms with E-state index in [9.17, 15) is 4.79 Å². The van der Waals surface area contributed by atoms with Crippen molar-refractivity contribution in [2.75, 3.05) is 0 Å². The summed E-state index contributed by atoms with van der Waals surface area (Å²) in [6, 6.07) is 21.2. The molecule has 0 radical (unpaired) electrons. The molecule has 0 amide bonds. The van der Waals surface area contributed by atoms with E-state index in [-0.39, 0.29) is 5.78 Å². The van der Waals surface area contributed by atoms with Crippen LogP contribution in [-0.2, 0) is 0 Å². The molecule has 3 rings (SSSR count). The van der Waals surface area contributed by atoms with Gasteiger partial charge in [0.15, 0.2) is 5.78 Å². The van der Waals surface area contributed by atoms with Gasteiger partial charge in [0, 0.05) is 22.9 Å². The van der Waals surface area contributed by atoms with Crippen LogP contribution in [0.1, 0.15) is 21.5 Å². The summed E-state index contributed by atoms with van der Waals surface area (Å²) in [7, 11) is 0. The first-order valence-electron chi connectivity index (χ1n) is 6.87. The molecule has 0 fully saturated rings. The van der Waals surface area contributed by atoms with Crippen LogP contribution in [0.15, 0.2) is 72.9 Å². The van der Waals surface area contributed by atoms with Crippen molar-refractivity contribution in [1.29, 1.82) is 0 Å². The van der Waals surface area contributed by atoms with Gasteiger partial charge in [-0.25, -0.2) is 0 Å². The van der Waals surface area contributed by atoms with Gasteiger partial charge in [0.1, 0.15) is 0 Å². The minimum Gasteiger partial charge on any atom is -0.289 e. The zero-order chi connectivity index (χ0) is 14.7. The van der Waals surface area contributed by atoms with Crippen LogP contribution in [0.5, 0.6) is 0 Å². The van der Waals surface area contributed by atoms with E-state index >= 15 is 0 Å². The molecule has 0 saturated heterocycles. The smallest absolute Gasteiger partial charge is 0.194 e. The van der Waals surface area contributed by atoms with Crippen molar-refractivity contribution in [2.45, 2.75) is 6.92 Å². The van der Waals surface area contributed by atoms with Crippen molar-refractivity contribution in [3.8, 4) is 11.3 Å². The first kappa shape index (κ1) is 13.3. The standard InChI is InChI=1S/C19H15NO/c1-14-7-9-15(10-8-14)18-12-11-17(13-20-18)19(21)16-5-3-2-4-6-16/h2-13H,1H3. The maximum Gasteiger partial charge on any atom is 0.194 e. The third kappa shape index (κ3) is 2.90. The molecule has 1 aromatic heterocycles. The fraction of sp³-hybridized carbons (Fsp3) is 0.0526. The second kappa shape index (κ2) is 5.71. The first-order chi connectivity index (χ1) is 10.2. The van der Waals surface area contributed by atoms with Crippen molar-refractivity contribution in [3.63, 3.8) is 0 Å². The molecule has 3 aromatic rings. The van der Waals surface area contributed by atoms with Gasteiger partial charge in [-0.1, -0.05) is 60.2 Å². The molecule has 21 heavy (non-hydrogen) atoms. The molecule has 1 heterocycles. The van der Waals surface area contributed by atoms with Crippen LogP contribution in [0, 0.1) is 6.92 Å². The summed E-state index contributed by atoms with van der Waals surface area (Å²) in [5.41, 5.74) is 4.44. The molecule has 102 valence electrons. The topological polar surface area (TPSA) is 30.0 Å². The molecule has 0 unspecified atom stereocenters. The molecule has 2 aromatic carbocycles. The largest absolute Gasteiger partial charge is 0.289 e. The number of benzene rings is 2. The lowest BCUT2D eigenvalue weighted by Crippen LogP contribution is -2.01. The van der Waals surface area contributed by atoms with E-state index in [1.165, 1.54) is 5.56 Å². The first-order valence-corrected chi connectivity index (χ1v) is 6.87. The number of carbonyl (C=O) groups is 1. The highest BCUT2D eigenvalue weighted by Crippen LogP contribution is 2.18. The van der Waals surface area contributed by atoms with E-state index in [2.05, 4.69) is 24.0 Å². The summed E-state index contributed by atoms with van der Waals surface area (Å²) >= 11 is 0. The van der Waals surface area contributed by atoms with E-state index in [4.69, 9.17) is 0 Å². The van der Waals surface area contributed by atoms with Crippen molar-refractivity contribution >= 4 is 5.78 Å². The molecular formula is C19H15NO. The van der Waals surface area contributed by atoms with Crippen LogP contribution in [0.2, 0.25) is 0 Å². The van der Waals surface area contributed by atoms with Crippen LogP contribution in [0.4, 0.5) is 0 Å². The Morgan fingerprint density at radius 1 is 0.810 bits per heavy atom. The Morgan fingerprint density at radius 2 is 1.52 bits per heavy atom. The van der Waals surface area contributed by atoms with Gasteiger partial charge in [-0.15, -0.1) is 0 Å². The highest BCUT2D eigenvalue weighted by molar-refractivity contribution is 6.08. The maximum absolute atomic E-state index is 12.3. The molecule has 0 aliphatic carbocycles. The molecule has 0 spiro atoms. The summed E-state index contributed by atoms with van der Waals surface area (Å²) < 4.78 is 0. The Balaban J connectivity index is 1.87. The lowest BCUT2D eigenvalue weighted by Gasteiger charge is -2.04. The third-order valence-corrected chi connectivity index (χ3v) is 3.41. The summed E-state index contributed by atoms with van der Waals surface area (Å²) in [5.74, 6) is -0.00134. The number of hydrogen-bond acceptors (Lipinski definition) is 2. The predicted octanol–water partition coefficient (Wildman–Crippen LogP) is 4.29. The van der Waals surface area contributed by atoms with Gasteiger partial charge < -0.3 is 0 Å². The highest BCUT2D eigenvalue weighted by Gasteiger charge is 2.09. The van der Waals surface area contributed by atoms with Crippen LogP contribution >= 0.6 is 0 Å². The van der Waals surface area contributed by atoms with Gasteiger partial charge in [0.05, 0.1) is 5.69 Å². The van der Waals surface area contributed by atoms with Gasteiger partial charge in [-0.3, -0.25) is 9.78 Å². The van der Waals surface area contributed by atoms with E-state index in [1.54, 1.807) is 6.20 Å². The number of pyridine rings is 1. The Labute approximate surface area is 124 Å². The zero-order valence-electron chi connectivity index (χ0n) is 11.8. The number of aryl methyl sites for hydroxylation is 1. The molecule has 0 bridgehead atoms. The molecule has 0 N–H and O–H groups in total. The Hall–Kier alpha value is -2.74. The number of nitrogens with zero attached hydrogens (tertiary/aromatic N) is 1. The number of rotatable bonds is 3. The average molecular weight is 273 g/mol. The van der Waals surface area contributed by atoms with Crippen LogP contribution in [-0.4, -0.2) is 10.8 Å². The van der Waals surface area contributed by atoms with Crippen molar-refractivity contribution in [1.82, 2.24) is 4.98 Å². The third-order valence-electron chi connectivity index (χ3n) is 3.41. The Kier molecular flexibility index (Phi) is 3.61. The van der Waals surface area contributed by atoms with Crippen molar-refractivity contribution in [2.24, 2.45) is 0 Å². The van der Waals surface area contributed by atoms with Crippen molar-refractivity contribution < 1.29 is 4.79 Å². The summed E-state index contributed by atoms with van der Waals surface area (Å²) in [6.07, 6.45) is 1.64.